The van der Waals surface area contributed by atoms with Gasteiger partial charge in [0.1, 0.15) is 17.9 Å². The van der Waals surface area contributed by atoms with Crippen molar-refractivity contribution in [1.29, 1.82) is 0 Å². The highest BCUT2D eigenvalue weighted by molar-refractivity contribution is 7.71. The number of halogens is 1. The van der Waals surface area contributed by atoms with E-state index in [4.69, 9.17) is 16.3 Å². The molecule has 0 amide bonds. The van der Waals surface area contributed by atoms with E-state index in [1.165, 1.54) is 25.9 Å². The second kappa shape index (κ2) is 10.8. The molecule has 0 atom stereocenters. The zero-order valence-electron chi connectivity index (χ0n) is 23.9. The summed E-state index contributed by atoms with van der Waals surface area (Å²) in [5, 5.41) is 9.73. The van der Waals surface area contributed by atoms with Gasteiger partial charge in [0.25, 0.3) is 0 Å². The van der Waals surface area contributed by atoms with Gasteiger partial charge in [-0.25, -0.2) is 4.98 Å². The first-order valence-electron chi connectivity index (χ1n) is 13.9. The average Bonchev–Trinajstić information content (AvgIpc) is 2.94. The van der Waals surface area contributed by atoms with Crippen molar-refractivity contribution in [1.82, 2.24) is 14.9 Å². The third-order valence-corrected chi connectivity index (χ3v) is 10.1. The molecule has 0 aliphatic carbocycles. The minimum atomic E-state index is -2.64. The summed E-state index contributed by atoms with van der Waals surface area (Å²) in [7, 11) is 1.23. The maximum Gasteiger partial charge on any atom is 0.229 e. The van der Waals surface area contributed by atoms with Gasteiger partial charge in [0.05, 0.1) is 24.7 Å². The van der Waals surface area contributed by atoms with Gasteiger partial charge < -0.3 is 29.7 Å². The van der Waals surface area contributed by atoms with Gasteiger partial charge in [-0.1, -0.05) is 41.9 Å². The van der Waals surface area contributed by atoms with Gasteiger partial charge in [0.2, 0.25) is 5.95 Å². The first-order valence-corrected chi connectivity index (χ1v) is 16.9. The third kappa shape index (κ3) is 5.61. The number of aromatic nitrogens is 2. The smallest absolute Gasteiger partial charge is 0.229 e. The second-order valence-corrected chi connectivity index (χ2v) is 15.3. The summed E-state index contributed by atoms with van der Waals surface area (Å²) in [6.07, 6.45) is 4.00. The number of nitrogens with zero attached hydrogens (tertiary/aromatic N) is 4. The summed E-state index contributed by atoms with van der Waals surface area (Å²) >= 11 is 6.52. The van der Waals surface area contributed by atoms with E-state index < -0.39 is 7.14 Å². The molecule has 41 heavy (non-hydrogen) atoms. The molecular weight excluding hydrogens is 555 g/mol. The molecule has 2 aliphatic heterocycles. The Hall–Kier alpha value is -3.32. The van der Waals surface area contributed by atoms with Crippen molar-refractivity contribution in [3.05, 3.63) is 65.8 Å². The van der Waals surface area contributed by atoms with E-state index in [1.807, 2.05) is 42.5 Å². The SMILES string of the molecule is COc1cc(N2CCC3(CC2)CN(C)C3)ccc1Nc1ncc(Cl)c(Nc2ccc3ccccc3c2P(C)(C)=O)n1. The summed E-state index contributed by atoms with van der Waals surface area (Å²) in [5.74, 6) is 1.51. The van der Waals surface area contributed by atoms with Crippen LogP contribution in [0.1, 0.15) is 12.8 Å². The summed E-state index contributed by atoms with van der Waals surface area (Å²) in [6, 6.07) is 18.1. The van der Waals surface area contributed by atoms with E-state index in [-0.39, 0.29) is 0 Å². The molecule has 1 spiro atoms. The Balaban J connectivity index is 1.23. The van der Waals surface area contributed by atoms with Gasteiger partial charge in [-0.2, -0.15) is 4.98 Å². The van der Waals surface area contributed by atoms with Crippen LogP contribution >= 0.6 is 18.7 Å². The van der Waals surface area contributed by atoms with Crippen molar-refractivity contribution >= 4 is 63.6 Å². The molecule has 0 saturated carbocycles. The molecule has 0 bridgehead atoms. The number of ether oxygens (including phenoxy) is 1. The predicted octanol–water partition coefficient (Wildman–Crippen LogP) is 6.56. The van der Waals surface area contributed by atoms with Crippen LogP contribution in [0.15, 0.2) is 60.8 Å². The normalized spacial score (nSPS) is 17.0. The van der Waals surface area contributed by atoms with E-state index in [1.54, 1.807) is 26.6 Å². The number of piperidine rings is 1. The van der Waals surface area contributed by atoms with E-state index >= 15 is 0 Å². The Bertz CT molecular complexity index is 1640. The summed E-state index contributed by atoms with van der Waals surface area (Å²) in [4.78, 5) is 13.9. The summed E-state index contributed by atoms with van der Waals surface area (Å²) in [6.45, 7) is 8.08. The van der Waals surface area contributed by atoms with Crippen LogP contribution in [0.2, 0.25) is 5.02 Å². The molecule has 8 nitrogen and oxygen atoms in total. The predicted molar refractivity (Wildman–Crippen MR) is 171 cm³/mol. The van der Waals surface area contributed by atoms with E-state index in [0.29, 0.717) is 33.6 Å². The van der Waals surface area contributed by atoms with Gasteiger partial charge in [-0.3, -0.25) is 0 Å². The molecule has 10 heteroatoms. The number of nitrogens with one attached hydrogen (secondary N) is 2. The molecule has 3 heterocycles. The lowest BCUT2D eigenvalue weighted by Crippen LogP contribution is -2.58. The van der Waals surface area contributed by atoms with Crippen molar-refractivity contribution < 1.29 is 9.30 Å². The molecule has 2 saturated heterocycles. The Morgan fingerprint density at radius 1 is 1.00 bits per heavy atom. The zero-order valence-corrected chi connectivity index (χ0v) is 25.6. The number of hydrogen-bond acceptors (Lipinski definition) is 8. The first kappa shape index (κ1) is 27.8. The molecule has 0 radical (unpaired) electrons. The Labute approximate surface area is 246 Å². The monoisotopic (exact) mass is 590 g/mol. The second-order valence-electron chi connectivity index (χ2n) is 11.7. The van der Waals surface area contributed by atoms with Crippen molar-refractivity contribution in [3.63, 3.8) is 0 Å². The Morgan fingerprint density at radius 3 is 2.44 bits per heavy atom. The highest BCUT2D eigenvalue weighted by Gasteiger charge is 2.43. The fourth-order valence-electron chi connectivity index (χ4n) is 6.33. The molecule has 6 rings (SSSR count). The maximum atomic E-state index is 13.4. The Kier molecular flexibility index (Phi) is 7.35. The van der Waals surface area contributed by atoms with Crippen LogP contribution in [-0.4, -0.2) is 68.5 Å². The van der Waals surface area contributed by atoms with Gasteiger partial charge in [0, 0.05) is 43.2 Å². The number of hydrogen-bond donors (Lipinski definition) is 2. The maximum absolute atomic E-state index is 13.4. The summed E-state index contributed by atoms with van der Waals surface area (Å²) in [5.41, 5.74) is 3.13. The number of anilines is 5. The Morgan fingerprint density at radius 2 is 1.73 bits per heavy atom. The van der Waals surface area contributed by atoms with E-state index in [0.717, 1.165) is 40.5 Å². The number of fused-ring (bicyclic) bond motifs is 1. The number of rotatable bonds is 7. The van der Waals surface area contributed by atoms with Crippen LogP contribution in [0.4, 0.5) is 28.8 Å². The molecule has 3 aromatic carbocycles. The van der Waals surface area contributed by atoms with Crippen LogP contribution < -0.4 is 25.6 Å². The first-order chi connectivity index (χ1) is 19.6. The highest BCUT2D eigenvalue weighted by Crippen LogP contribution is 2.43. The van der Waals surface area contributed by atoms with Crippen LogP contribution in [0.3, 0.4) is 0 Å². The van der Waals surface area contributed by atoms with Crippen LogP contribution in [-0.2, 0) is 4.57 Å². The molecule has 1 aromatic heterocycles. The van der Waals surface area contributed by atoms with Gasteiger partial charge >= 0.3 is 0 Å². The van der Waals surface area contributed by atoms with Crippen LogP contribution in [0.25, 0.3) is 10.8 Å². The standard InChI is InChI=1S/C31H36ClN6O2P/c1-37-19-31(20-37)13-15-38(16-14-31)22-10-12-25(27(17-22)40-2)35-30-33-18-24(32)29(36-30)34-26-11-9-21-7-5-6-8-23(21)28(26)41(3,4)39/h5-12,17-18H,13-16,19-20H2,1-4H3,(H2,33,34,35,36). The van der Waals surface area contributed by atoms with Crippen LogP contribution in [0.5, 0.6) is 5.75 Å². The molecular formula is C31H36ClN6O2P. The van der Waals surface area contributed by atoms with Gasteiger partial charge in [-0.05, 0) is 67.6 Å². The average molecular weight is 591 g/mol. The van der Waals surface area contributed by atoms with E-state index in [9.17, 15) is 4.57 Å². The fourth-order valence-corrected chi connectivity index (χ4v) is 7.97. The van der Waals surface area contributed by atoms with Crippen molar-refractivity contribution in [2.75, 3.05) is 69.2 Å². The molecule has 214 valence electrons. The zero-order chi connectivity index (χ0) is 28.8. The minimum absolute atomic E-state index is 0.361. The lowest BCUT2D eigenvalue weighted by molar-refractivity contribution is 0.00131. The molecule has 2 N–H and O–H groups in total. The lowest BCUT2D eigenvalue weighted by atomic mass is 9.72. The quantitative estimate of drug-likeness (QED) is 0.234. The van der Waals surface area contributed by atoms with Crippen molar-refractivity contribution in [2.45, 2.75) is 12.8 Å². The van der Waals surface area contributed by atoms with Crippen molar-refractivity contribution in [2.24, 2.45) is 5.41 Å². The van der Waals surface area contributed by atoms with Crippen molar-refractivity contribution in [3.8, 4) is 5.75 Å². The molecule has 2 fully saturated rings. The van der Waals surface area contributed by atoms with Gasteiger partial charge in [0.15, 0.2) is 5.82 Å². The third-order valence-electron chi connectivity index (χ3n) is 8.27. The fraction of sp³-hybridized carbons (Fsp3) is 0.355. The largest absolute Gasteiger partial charge is 0.494 e. The van der Waals surface area contributed by atoms with Crippen LogP contribution in [0, 0.1) is 5.41 Å². The highest BCUT2D eigenvalue weighted by atomic mass is 35.5. The lowest BCUT2D eigenvalue weighted by Gasteiger charge is -2.53. The number of methoxy groups -OCH3 is 1. The van der Waals surface area contributed by atoms with E-state index in [2.05, 4.69) is 49.6 Å². The molecule has 2 aliphatic rings. The molecule has 0 unspecified atom stereocenters. The topological polar surface area (TPSA) is 82.6 Å². The van der Waals surface area contributed by atoms with Gasteiger partial charge in [-0.15, -0.1) is 0 Å². The minimum Gasteiger partial charge on any atom is -0.494 e. The number of likely N-dealkylation sites (tertiary alicyclic amines) is 1. The summed E-state index contributed by atoms with van der Waals surface area (Å²) < 4.78 is 19.1. The molecule has 4 aromatic rings. The number of benzene rings is 3.